The Bertz CT molecular complexity index is 1090. The third-order valence-electron chi connectivity index (χ3n) is 5.91. The first-order valence-electron chi connectivity index (χ1n) is 11.1. The van der Waals surface area contributed by atoms with Crippen LogP contribution < -0.4 is 10.9 Å². The Morgan fingerprint density at radius 3 is 2.74 bits per heavy atom. The van der Waals surface area contributed by atoms with Crippen LogP contribution in [0.2, 0.25) is 0 Å². The van der Waals surface area contributed by atoms with Crippen LogP contribution in [0.4, 0.5) is 0 Å². The van der Waals surface area contributed by atoms with Crippen molar-refractivity contribution in [3.63, 3.8) is 0 Å². The van der Waals surface area contributed by atoms with E-state index in [2.05, 4.69) is 51.4 Å². The maximum absolute atomic E-state index is 12.3. The lowest BCUT2D eigenvalue weighted by atomic mass is 9.99. The highest BCUT2D eigenvalue weighted by Gasteiger charge is 2.16. The molecular formula is C25H30N4O2. The first-order chi connectivity index (χ1) is 15.1. The SMILES string of the molecule is CC1CCCN(Cc2ccc(CNC(=O)CCc3nc4ccccc4c(=O)[nH]3)cc2)C1. The Kier molecular flexibility index (Phi) is 6.77. The quantitative estimate of drug-likeness (QED) is 0.616. The summed E-state index contributed by atoms with van der Waals surface area (Å²) in [6.07, 6.45) is 3.31. The number of rotatable bonds is 7. The topological polar surface area (TPSA) is 78.1 Å². The number of carbonyl (C=O) groups excluding carboxylic acids is 1. The summed E-state index contributed by atoms with van der Waals surface area (Å²) in [4.78, 5) is 34.1. The molecule has 4 rings (SSSR count). The zero-order valence-electron chi connectivity index (χ0n) is 18.1. The van der Waals surface area contributed by atoms with E-state index < -0.39 is 0 Å². The van der Waals surface area contributed by atoms with Gasteiger partial charge < -0.3 is 10.3 Å². The molecule has 6 nitrogen and oxygen atoms in total. The number of aryl methyl sites for hydroxylation is 1. The predicted octanol–water partition coefficient (Wildman–Crippen LogP) is 3.40. The molecule has 0 bridgehead atoms. The van der Waals surface area contributed by atoms with E-state index in [1.165, 1.54) is 31.5 Å². The Morgan fingerprint density at radius 1 is 1.16 bits per heavy atom. The van der Waals surface area contributed by atoms with Crippen molar-refractivity contribution < 1.29 is 4.79 Å². The number of hydrogen-bond donors (Lipinski definition) is 2. The van der Waals surface area contributed by atoms with Gasteiger partial charge in [0.15, 0.2) is 0 Å². The van der Waals surface area contributed by atoms with Gasteiger partial charge in [-0.1, -0.05) is 43.3 Å². The van der Waals surface area contributed by atoms with Gasteiger partial charge in [0.25, 0.3) is 5.56 Å². The van der Waals surface area contributed by atoms with E-state index in [0.717, 1.165) is 18.0 Å². The van der Waals surface area contributed by atoms with Crippen LogP contribution in [0.15, 0.2) is 53.3 Å². The third kappa shape index (κ3) is 5.79. The van der Waals surface area contributed by atoms with Gasteiger partial charge in [-0.3, -0.25) is 14.5 Å². The van der Waals surface area contributed by atoms with Gasteiger partial charge in [0.05, 0.1) is 10.9 Å². The number of H-pyrrole nitrogens is 1. The smallest absolute Gasteiger partial charge is 0.258 e. The Labute approximate surface area is 182 Å². The maximum Gasteiger partial charge on any atom is 0.258 e. The lowest BCUT2D eigenvalue weighted by molar-refractivity contribution is -0.121. The summed E-state index contributed by atoms with van der Waals surface area (Å²) >= 11 is 0. The summed E-state index contributed by atoms with van der Waals surface area (Å²) in [5.41, 5.74) is 2.89. The number of nitrogens with zero attached hydrogens (tertiary/aromatic N) is 2. The normalized spacial score (nSPS) is 17.0. The summed E-state index contributed by atoms with van der Waals surface area (Å²) in [6.45, 7) is 6.18. The van der Waals surface area contributed by atoms with E-state index in [1.807, 2.05) is 18.2 Å². The van der Waals surface area contributed by atoms with E-state index in [0.29, 0.717) is 29.7 Å². The van der Waals surface area contributed by atoms with E-state index in [9.17, 15) is 9.59 Å². The minimum Gasteiger partial charge on any atom is -0.352 e. The van der Waals surface area contributed by atoms with Crippen LogP contribution in [0.5, 0.6) is 0 Å². The van der Waals surface area contributed by atoms with Crippen molar-refractivity contribution in [1.29, 1.82) is 0 Å². The zero-order chi connectivity index (χ0) is 21.6. The van der Waals surface area contributed by atoms with Crippen LogP contribution in [-0.4, -0.2) is 33.9 Å². The van der Waals surface area contributed by atoms with Crippen molar-refractivity contribution in [3.8, 4) is 0 Å². The van der Waals surface area contributed by atoms with Gasteiger partial charge in [-0.25, -0.2) is 4.98 Å². The molecule has 1 saturated heterocycles. The van der Waals surface area contributed by atoms with Crippen molar-refractivity contribution in [2.24, 2.45) is 5.92 Å². The van der Waals surface area contributed by atoms with E-state index >= 15 is 0 Å². The highest BCUT2D eigenvalue weighted by Crippen LogP contribution is 2.18. The van der Waals surface area contributed by atoms with Crippen molar-refractivity contribution >= 4 is 16.8 Å². The number of para-hydroxylation sites is 1. The van der Waals surface area contributed by atoms with Gasteiger partial charge in [-0.15, -0.1) is 0 Å². The largest absolute Gasteiger partial charge is 0.352 e. The standard InChI is InChI=1S/C25H30N4O2/c1-18-5-4-14-29(16-18)17-20-10-8-19(9-11-20)15-26-24(30)13-12-23-27-22-7-3-2-6-21(22)25(31)28-23/h2-3,6-11,18H,4-5,12-17H2,1H3,(H,26,30)(H,27,28,31). The molecule has 2 N–H and O–H groups in total. The van der Waals surface area contributed by atoms with Crippen LogP contribution in [0.3, 0.4) is 0 Å². The molecule has 2 heterocycles. The molecule has 6 heteroatoms. The monoisotopic (exact) mass is 418 g/mol. The average Bonchev–Trinajstić information content (AvgIpc) is 2.77. The number of amides is 1. The zero-order valence-corrected chi connectivity index (χ0v) is 18.1. The number of carbonyl (C=O) groups is 1. The molecule has 162 valence electrons. The second-order valence-electron chi connectivity index (χ2n) is 8.61. The van der Waals surface area contributed by atoms with Gasteiger partial charge in [-0.05, 0) is 48.6 Å². The molecule has 1 amide bonds. The molecule has 0 aliphatic carbocycles. The molecule has 1 unspecified atom stereocenters. The third-order valence-corrected chi connectivity index (χ3v) is 5.91. The molecule has 0 radical (unpaired) electrons. The van der Waals surface area contributed by atoms with E-state index in [1.54, 1.807) is 6.07 Å². The number of fused-ring (bicyclic) bond motifs is 1. The van der Waals surface area contributed by atoms with Crippen molar-refractivity contribution in [1.82, 2.24) is 20.2 Å². The number of aromatic amines is 1. The van der Waals surface area contributed by atoms with Crippen molar-refractivity contribution in [2.45, 2.75) is 45.7 Å². The summed E-state index contributed by atoms with van der Waals surface area (Å²) in [5, 5.41) is 3.52. The second-order valence-corrected chi connectivity index (χ2v) is 8.61. The first-order valence-corrected chi connectivity index (χ1v) is 11.1. The summed E-state index contributed by atoms with van der Waals surface area (Å²) in [7, 11) is 0. The summed E-state index contributed by atoms with van der Waals surface area (Å²) < 4.78 is 0. The highest BCUT2D eigenvalue weighted by molar-refractivity contribution is 5.78. The highest BCUT2D eigenvalue weighted by atomic mass is 16.1. The minimum atomic E-state index is -0.167. The van der Waals surface area contributed by atoms with Crippen LogP contribution in [-0.2, 0) is 24.3 Å². The van der Waals surface area contributed by atoms with Crippen molar-refractivity contribution in [3.05, 3.63) is 75.8 Å². The molecule has 1 fully saturated rings. The molecule has 0 spiro atoms. The number of likely N-dealkylation sites (tertiary alicyclic amines) is 1. The first kappa shape index (κ1) is 21.2. The minimum absolute atomic E-state index is 0.0535. The van der Waals surface area contributed by atoms with Crippen LogP contribution in [0, 0.1) is 5.92 Å². The second kappa shape index (κ2) is 9.88. The maximum atomic E-state index is 12.3. The lowest BCUT2D eigenvalue weighted by Gasteiger charge is -2.30. The lowest BCUT2D eigenvalue weighted by Crippen LogP contribution is -2.33. The fourth-order valence-corrected chi connectivity index (χ4v) is 4.23. The predicted molar refractivity (Wildman–Crippen MR) is 123 cm³/mol. The summed E-state index contributed by atoms with van der Waals surface area (Å²) in [5.74, 6) is 1.27. The Balaban J connectivity index is 1.25. The molecule has 31 heavy (non-hydrogen) atoms. The van der Waals surface area contributed by atoms with Gasteiger partial charge in [0.2, 0.25) is 5.91 Å². The van der Waals surface area contributed by atoms with Gasteiger partial charge in [0, 0.05) is 32.5 Å². The molecule has 1 aliphatic heterocycles. The van der Waals surface area contributed by atoms with Crippen LogP contribution in [0.25, 0.3) is 10.9 Å². The fraction of sp³-hybridized carbons (Fsp3) is 0.400. The molecule has 3 aromatic rings. The number of benzene rings is 2. The number of hydrogen-bond acceptors (Lipinski definition) is 4. The van der Waals surface area contributed by atoms with Gasteiger partial charge in [-0.2, -0.15) is 0 Å². The van der Waals surface area contributed by atoms with Gasteiger partial charge >= 0.3 is 0 Å². The molecule has 0 saturated carbocycles. The molecule has 1 aliphatic rings. The van der Waals surface area contributed by atoms with E-state index in [-0.39, 0.29) is 17.9 Å². The molecule has 1 atom stereocenters. The van der Waals surface area contributed by atoms with Crippen LogP contribution >= 0.6 is 0 Å². The molecule has 2 aromatic carbocycles. The Morgan fingerprint density at radius 2 is 1.94 bits per heavy atom. The average molecular weight is 419 g/mol. The fourth-order valence-electron chi connectivity index (χ4n) is 4.23. The van der Waals surface area contributed by atoms with Gasteiger partial charge in [0.1, 0.15) is 5.82 Å². The van der Waals surface area contributed by atoms with Crippen molar-refractivity contribution in [2.75, 3.05) is 13.1 Å². The molecular weight excluding hydrogens is 388 g/mol. The number of aromatic nitrogens is 2. The van der Waals surface area contributed by atoms with Crippen LogP contribution in [0.1, 0.15) is 43.1 Å². The molecule has 1 aromatic heterocycles. The summed E-state index contributed by atoms with van der Waals surface area (Å²) in [6, 6.07) is 15.7. The van der Waals surface area contributed by atoms with E-state index in [4.69, 9.17) is 0 Å². The number of piperidine rings is 1. The number of nitrogens with one attached hydrogen (secondary N) is 2. The Hall–Kier alpha value is -2.99.